The largest absolute Gasteiger partial charge is 0.501 e. The number of ether oxygens (including phenoxy) is 4. The van der Waals surface area contributed by atoms with Gasteiger partial charge in [-0.25, -0.2) is 0 Å². The number of carboxylic acid groups (broad SMARTS) is 1. The minimum Gasteiger partial charge on any atom is -0.501 e. The van der Waals surface area contributed by atoms with Gasteiger partial charge in [0, 0.05) is 37.1 Å². The normalized spacial score (nSPS) is 10.3. The molecule has 168 valence electrons. The van der Waals surface area contributed by atoms with Gasteiger partial charge in [0.15, 0.2) is 12.0 Å². The van der Waals surface area contributed by atoms with Crippen molar-refractivity contribution in [2.24, 2.45) is 0 Å². The zero-order chi connectivity index (χ0) is 22.9. The number of carbonyl (C=O) groups excluding carboxylic acids is 1. The van der Waals surface area contributed by atoms with Gasteiger partial charge in [-0.2, -0.15) is 0 Å². The van der Waals surface area contributed by atoms with Crippen molar-refractivity contribution in [3.63, 3.8) is 0 Å². The maximum absolute atomic E-state index is 11.5. The summed E-state index contributed by atoms with van der Waals surface area (Å²) in [5.41, 5.74) is 0.235. The second-order valence-electron chi connectivity index (χ2n) is 5.33. The lowest BCUT2D eigenvalue weighted by molar-refractivity contribution is -0.385. The van der Waals surface area contributed by atoms with Crippen LogP contribution in [-0.4, -0.2) is 55.1 Å². The number of nitrogens with zero attached hydrogens (tertiary/aromatic N) is 1. The highest BCUT2D eigenvalue weighted by Gasteiger charge is 2.15. The summed E-state index contributed by atoms with van der Waals surface area (Å²) in [4.78, 5) is 31.8. The van der Waals surface area contributed by atoms with Crippen LogP contribution in [-0.2, 0) is 23.8 Å². The second-order valence-corrected chi connectivity index (χ2v) is 5.33. The van der Waals surface area contributed by atoms with Crippen LogP contribution in [0.4, 0.5) is 11.4 Å². The number of carbonyl (C=O) groups is 2. The van der Waals surface area contributed by atoms with E-state index in [4.69, 9.17) is 24.1 Å². The third kappa shape index (κ3) is 11.6. The van der Waals surface area contributed by atoms with Crippen molar-refractivity contribution in [3.05, 3.63) is 40.7 Å². The lowest BCUT2D eigenvalue weighted by atomic mass is 10.2. The summed E-state index contributed by atoms with van der Waals surface area (Å²) < 4.78 is 19.8. The lowest BCUT2D eigenvalue weighted by Gasteiger charge is -2.13. The van der Waals surface area contributed by atoms with Gasteiger partial charge in [0.2, 0.25) is 0 Å². The molecule has 11 nitrogen and oxygen atoms in total. The first-order valence-corrected chi connectivity index (χ1v) is 9.15. The van der Waals surface area contributed by atoms with Crippen molar-refractivity contribution in [2.75, 3.05) is 32.2 Å². The molecular formula is C19H28N2O9. The Labute approximate surface area is 174 Å². The van der Waals surface area contributed by atoms with Crippen LogP contribution in [0.15, 0.2) is 30.5 Å². The average Bonchev–Trinajstić information content (AvgIpc) is 2.68. The van der Waals surface area contributed by atoms with Crippen LogP contribution in [0.1, 0.15) is 27.2 Å². The Morgan fingerprint density at radius 3 is 2.30 bits per heavy atom. The zero-order valence-electron chi connectivity index (χ0n) is 17.5. The first kappa shape index (κ1) is 26.8. The predicted molar refractivity (Wildman–Crippen MR) is 108 cm³/mol. The van der Waals surface area contributed by atoms with Crippen LogP contribution in [0.5, 0.6) is 5.75 Å². The van der Waals surface area contributed by atoms with Gasteiger partial charge in [0.05, 0.1) is 31.3 Å². The van der Waals surface area contributed by atoms with Gasteiger partial charge in [-0.05, 0) is 26.8 Å². The fraction of sp³-hybridized carbons (Fsp3) is 0.474. The monoisotopic (exact) mass is 428 g/mol. The molecule has 1 aromatic rings. The highest BCUT2D eigenvalue weighted by molar-refractivity contribution is 5.99. The minimum absolute atomic E-state index is 0.0802. The summed E-state index contributed by atoms with van der Waals surface area (Å²) in [7, 11) is 1.32. The van der Waals surface area contributed by atoms with Crippen molar-refractivity contribution < 1.29 is 38.6 Å². The van der Waals surface area contributed by atoms with Crippen molar-refractivity contribution in [1.82, 2.24) is 0 Å². The second kappa shape index (κ2) is 15.7. The van der Waals surface area contributed by atoms with E-state index in [1.807, 2.05) is 0 Å². The van der Waals surface area contributed by atoms with E-state index in [1.165, 1.54) is 37.6 Å². The molecule has 0 saturated carbocycles. The molecule has 0 unspecified atom stereocenters. The van der Waals surface area contributed by atoms with Gasteiger partial charge >= 0.3 is 11.7 Å². The number of nitro benzene ring substituents is 1. The van der Waals surface area contributed by atoms with Crippen LogP contribution in [0.2, 0.25) is 0 Å². The third-order valence-corrected chi connectivity index (χ3v) is 3.17. The number of nitrogens with one attached hydrogen (secondary N) is 1. The van der Waals surface area contributed by atoms with Gasteiger partial charge in [-0.3, -0.25) is 19.7 Å². The van der Waals surface area contributed by atoms with Gasteiger partial charge in [0.25, 0.3) is 5.91 Å². The van der Waals surface area contributed by atoms with Crippen LogP contribution >= 0.6 is 0 Å². The molecule has 0 bridgehead atoms. The van der Waals surface area contributed by atoms with Crippen molar-refractivity contribution >= 4 is 23.3 Å². The van der Waals surface area contributed by atoms with E-state index in [1.54, 1.807) is 20.8 Å². The molecule has 0 aliphatic heterocycles. The standard InChI is InChI=1S/C12H14N2O5.C7H14O4/c1-3-19-7-6-12(15)13-9-4-5-10(14(16)17)11(8-9)18-2;1-3-10-7(11-4-2)5-6(8)9/h4-8H,3H2,1-2H3,(H,13,15);7H,3-5H2,1-2H3,(H,8,9)/b7-6+;. The van der Waals surface area contributed by atoms with Gasteiger partial charge in [-0.1, -0.05) is 0 Å². The number of amides is 1. The highest BCUT2D eigenvalue weighted by Crippen LogP contribution is 2.29. The van der Waals surface area contributed by atoms with Crippen LogP contribution in [0.3, 0.4) is 0 Å². The molecule has 0 aliphatic rings. The first-order valence-electron chi connectivity index (χ1n) is 9.15. The summed E-state index contributed by atoms with van der Waals surface area (Å²) in [6.45, 7) is 6.80. The van der Waals surface area contributed by atoms with E-state index in [9.17, 15) is 19.7 Å². The average molecular weight is 428 g/mol. The Bertz CT molecular complexity index is 701. The SMILES string of the molecule is CCO/C=C/C(=O)Nc1ccc([N+](=O)[O-])c(OC)c1.CCOC(CC(=O)O)OCC. The topological polar surface area (TPSA) is 146 Å². The molecule has 1 aromatic carbocycles. The van der Waals surface area contributed by atoms with Crippen molar-refractivity contribution in [2.45, 2.75) is 33.5 Å². The number of benzene rings is 1. The van der Waals surface area contributed by atoms with E-state index in [0.717, 1.165) is 0 Å². The number of aliphatic carboxylic acids is 1. The Morgan fingerprint density at radius 2 is 1.83 bits per heavy atom. The summed E-state index contributed by atoms with van der Waals surface area (Å²) in [6.07, 6.45) is 1.80. The molecule has 1 amide bonds. The molecule has 0 fully saturated rings. The molecule has 0 heterocycles. The van der Waals surface area contributed by atoms with E-state index in [-0.39, 0.29) is 17.9 Å². The van der Waals surface area contributed by atoms with E-state index in [0.29, 0.717) is 25.5 Å². The van der Waals surface area contributed by atoms with Crippen LogP contribution in [0, 0.1) is 10.1 Å². The molecule has 2 N–H and O–H groups in total. The van der Waals surface area contributed by atoms with Crippen LogP contribution < -0.4 is 10.1 Å². The van der Waals surface area contributed by atoms with E-state index < -0.39 is 23.1 Å². The molecule has 11 heteroatoms. The molecule has 0 atom stereocenters. The molecule has 0 aliphatic carbocycles. The molecule has 0 spiro atoms. The fourth-order valence-corrected chi connectivity index (χ4v) is 1.98. The lowest BCUT2D eigenvalue weighted by Crippen LogP contribution is -2.21. The van der Waals surface area contributed by atoms with E-state index >= 15 is 0 Å². The number of methoxy groups -OCH3 is 1. The highest BCUT2D eigenvalue weighted by atomic mass is 16.7. The Balaban J connectivity index is 0.000000654. The quantitative estimate of drug-likeness (QED) is 0.169. The number of rotatable bonds is 12. The molecule has 0 radical (unpaired) electrons. The number of carboxylic acids is 1. The predicted octanol–water partition coefficient (Wildman–Crippen LogP) is 2.95. The van der Waals surface area contributed by atoms with Gasteiger partial charge < -0.3 is 29.4 Å². The molecule has 1 rings (SSSR count). The van der Waals surface area contributed by atoms with Crippen molar-refractivity contribution in [1.29, 1.82) is 0 Å². The zero-order valence-corrected chi connectivity index (χ0v) is 17.5. The van der Waals surface area contributed by atoms with Gasteiger partial charge in [-0.15, -0.1) is 0 Å². The summed E-state index contributed by atoms with van der Waals surface area (Å²) >= 11 is 0. The van der Waals surface area contributed by atoms with E-state index in [2.05, 4.69) is 5.32 Å². The van der Waals surface area contributed by atoms with Crippen LogP contribution in [0.25, 0.3) is 0 Å². The smallest absolute Gasteiger partial charge is 0.311 e. The minimum atomic E-state index is -0.906. The maximum atomic E-state index is 11.5. The maximum Gasteiger partial charge on any atom is 0.311 e. The Kier molecular flexibility index (Phi) is 14.0. The Hall–Kier alpha value is -3.18. The number of anilines is 1. The number of hydrogen-bond donors (Lipinski definition) is 2. The molecule has 0 aromatic heterocycles. The summed E-state index contributed by atoms with van der Waals surface area (Å²) in [5.74, 6) is -1.22. The molecular weight excluding hydrogens is 400 g/mol. The summed E-state index contributed by atoms with van der Waals surface area (Å²) in [5, 5.41) is 21.6. The molecule has 30 heavy (non-hydrogen) atoms. The third-order valence-electron chi connectivity index (χ3n) is 3.17. The number of hydrogen-bond acceptors (Lipinski definition) is 8. The summed E-state index contributed by atoms with van der Waals surface area (Å²) in [6, 6.07) is 4.07. The van der Waals surface area contributed by atoms with Crippen molar-refractivity contribution in [3.8, 4) is 5.75 Å². The fourth-order valence-electron chi connectivity index (χ4n) is 1.98. The molecule has 0 saturated heterocycles. The Morgan fingerprint density at radius 1 is 1.20 bits per heavy atom. The van der Waals surface area contributed by atoms with Gasteiger partial charge in [0.1, 0.15) is 0 Å². The number of nitro groups is 1. The first-order chi connectivity index (χ1) is 14.3.